The number of benzene rings is 2. The van der Waals surface area contributed by atoms with Crippen LogP contribution < -0.4 is 27.4 Å². The van der Waals surface area contributed by atoms with Gasteiger partial charge in [0.15, 0.2) is 5.82 Å². The van der Waals surface area contributed by atoms with Crippen molar-refractivity contribution in [2.24, 2.45) is 0 Å². The van der Waals surface area contributed by atoms with Crippen molar-refractivity contribution in [2.45, 2.75) is 25.8 Å². The van der Waals surface area contributed by atoms with Gasteiger partial charge in [-0.15, -0.1) is 5.10 Å². The van der Waals surface area contributed by atoms with Gasteiger partial charge in [0, 0.05) is 24.0 Å². The fraction of sp³-hybridized carbons (Fsp3) is 0.318. The van der Waals surface area contributed by atoms with Gasteiger partial charge in [-0.2, -0.15) is 5.26 Å². The number of piperidine rings is 1. The van der Waals surface area contributed by atoms with Crippen molar-refractivity contribution in [1.82, 2.24) is 10.2 Å². The Kier molecular flexibility index (Phi) is 7.33. The number of aromatic nitrogens is 2. The first-order valence-corrected chi connectivity index (χ1v) is 10.2. The molecule has 8 heteroatoms. The number of nitrogens with two attached hydrogens (primary N) is 1. The second kappa shape index (κ2) is 9.94. The lowest BCUT2D eigenvalue weighted by Gasteiger charge is -2.28. The van der Waals surface area contributed by atoms with Crippen LogP contribution in [0, 0.1) is 11.3 Å². The predicted molar refractivity (Wildman–Crippen MR) is 114 cm³/mol. The lowest BCUT2D eigenvalue weighted by Crippen LogP contribution is -3.00. The van der Waals surface area contributed by atoms with Crippen LogP contribution in [-0.2, 0) is 6.54 Å². The molecule has 156 valence electrons. The molecule has 2 heterocycles. The second-order valence-corrected chi connectivity index (χ2v) is 7.61. The lowest BCUT2D eigenvalue weighted by molar-refractivity contribution is -0.591. The van der Waals surface area contributed by atoms with Gasteiger partial charge in [0.05, 0.1) is 29.2 Å². The van der Waals surface area contributed by atoms with E-state index in [9.17, 15) is 5.26 Å². The van der Waals surface area contributed by atoms with E-state index in [4.69, 9.17) is 16.3 Å². The first kappa shape index (κ1) is 22.1. The second-order valence-electron chi connectivity index (χ2n) is 7.21. The summed E-state index contributed by atoms with van der Waals surface area (Å²) in [6.45, 7) is 2.65. The Morgan fingerprint density at radius 2 is 1.90 bits per heavy atom. The molecule has 0 amide bonds. The number of anilines is 1. The van der Waals surface area contributed by atoms with Crippen molar-refractivity contribution in [3.05, 3.63) is 52.5 Å². The molecular formula is C22H23Cl2N5O. The highest BCUT2D eigenvalue weighted by molar-refractivity contribution is 6.32. The van der Waals surface area contributed by atoms with Crippen LogP contribution in [0.5, 0.6) is 5.75 Å². The smallest absolute Gasteiger partial charge is 0.252 e. The van der Waals surface area contributed by atoms with E-state index in [1.54, 1.807) is 7.11 Å². The molecule has 0 spiro atoms. The Labute approximate surface area is 187 Å². The Bertz CT molecular complexity index is 1080. The van der Waals surface area contributed by atoms with Crippen LogP contribution in [0.3, 0.4) is 0 Å². The Morgan fingerprint density at radius 1 is 1.10 bits per heavy atom. The maximum absolute atomic E-state index is 9.36. The molecule has 0 unspecified atom stereocenters. The van der Waals surface area contributed by atoms with E-state index in [-0.39, 0.29) is 12.4 Å². The average molecular weight is 444 g/mol. The third kappa shape index (κ3) is 4.59. The molecule has 1 aliphatic heterocycles. The van der Waals surface area contributed by atoms with Crippen LogP contribution in [-0.4, -0.2) is 30.4 Å². The number of quaternary nitrogens is 1. The molecule has 2 N–H and O–H groups in total. The third-order valence-corrected chi connectivity index (χ3v) is 5.62. The van der Waals surface area contributed by atoms with Gasteiger partial charge in [-0.25, -0.2) is 0 Å². The largest absolute Gasteiger partial charge is 1.00 e. The summed E-state index contributed by atoms with van der Waals surface area (Å²) in [6.07, 6.45) is 3.60. The molecular weight excluding hydrogens is 421 g/mol. The molecule has 0 atom stereocenters. The maximum Gasteiger partial charge on any atom is 0.252 e. The number of methoxy groups -OCH3 is 1. The molecule has 30 heavy (non-hydrogen) atoms. The number of hydrogen-bond donors (Lipinski definition) is 1. The highest BCUT2D eigenvalue weighted by Gasteiger charge is 2.19. The SMILES string of the molecule is COc1ccc(C[NH2+]c2nnc(N3CCCCC3)c3ccc(C#N)cc23)cc1Cl.[Cl-]. The molecule has 0 saturated carbocycles. The van der Waals surface area contributed by atoms with E-state index >= 15 is 0 Å². The van der Waals surface area contributed by atoms with E-state index in [0.29, 0.717) is 22.9 Å². The van der Waals surface area contributed by atoms with Crippen LogP contribution in [0.15, 0.2) is 36.4 Å². The van der Waals surface area contributed by atoms with Gasteiger partial charge in [0.25, 0.3) is 5.82 Å². The third-order valence-electron chi connectivity index (χ3n) is 5.32. The van der Waals surface area contributed by atoms with E-state index in [1.165, 1.54) is 19.3 Å². The summed E-state index contributed by atoms with van der Waals surface area (Å²) < 4.78 is 5.22. The van der Waals surface area contributed by atoms with Gasteiger partial charge in [0.1, 0.15) is 12.3 Å². The van der Waals surface area contributed by atoms with Gasteiger partial charge in [-0.1, -0.05) is 16.7 Å². The van der Waals surface area contributed by atoms with Gasteiger partial charge >= 0.3 is 0 Å². The highest BCUT2D eigenvalue weighted by Crippen LogP contribution is 2.29. The van der Waals surface area contributed by atoms with Crippen molar-refractivity contribution in [3.8, 4) is 11.8 Å². The molecule has 0 bridgehead atoms. The van der Waals surface area contributed by atoms with Crippen LogP contribution in [0.1, 0.15) is 30.4 Å². The standard InChI is InChI=1S/C22H22ClN5O.ClH/c1-29-20-8-6-16(12-19(20)23)14-25-21-18-11-15(13-24)5-7-17(18)22(27-26-21)28-9-3-2-4-10-28;/h5-8,11-12H,2-4,9-10,14H2,1H3,(H,25,26);1H. The predicted octanol–water partition coefficient (Wildman–Crippen LogP) is 0.553. The van der Waals surface area contributed by atoms with E-state index in [1.807, 2.05) is 41.7 Å². The van der Waals surface area contributed by atoms with Gasteiger partial charge in [-0.3, -0.25) is 5.32 Å². The van der Waals surface area contributed by atoms with Gasteiger partial charge in [-0.05, 0) is 55.7 Å². The molecule has 6 nitrogen and oxygen atoms in total. The van der Waals surface area contributed by atoms with Crippen molar-refractivity contribution < 1.29 is 22.5 Å². The number of nitrogens with zero attached hydrogens (tertiary/aromatic N) is 4. The summed E-state index contributed by atoms with van der Waals surface area (Å²) in [7, 11) is 1.60. The van der Waals surface area contributed by atoms with Crippen molar-refractivity contribution >= 4 is 34.0 Å². The van der Waals surface area contributed by atoms with Gasteiger partial charge < -0.3 is 22.0 Å². The van der Waals surface area contributed by atoms with E-state index in [2.05, 4.69) is 21.2 Å². The molecule has 2 aromatic carbocycles. The minimum absolute atomic E-state index is 0. The zero-order valence-corrected chi connectivity index (χ0v) is 18.2. The molecule has 3 aromatic rings. The number of halogens is 2. The molecule has 1 fully saturated rings. The van der Waals surface area contributed by atoms with Crippen LogP contribution in [0.2, 0.25) is 5.02 Å². The lowest BCUT2D eigenvalue weighted by atomic mass is 10.1. The number of nitriles is 1. The minimum atomic E-state index is 0. The summed E-state index contributed by atoms with van der Waals surface area (Å²) in [4.78, 5) is 2.30. The van der Waals surface area contributed by atoms with Crippen LogP contribution in [0.4, 0.5) is 11.6 Å². The molecule has 0 aliphatic carbocycles. The topological polar surface area (TPSA) is 78.7 Å². The average Bonchev–Trinajstić information content (AvgIpc) is 2.77. The Hall–Kier alpha value is -2.59. The first-order chi connectivity index (χ1) is 14.2. The highest BCUT2D eigenvalue weighted by atomic mass is 35.5. The normalized spacial score (nSPS) is 13.6. The first-order valence-electron chi connectivity index (χ1n) is 9.80. The Morgan fingerprint density at radius 3 is 2.60 bits per heavy atom. The number of hydrogen-bond acceptors (Lipinski definition) is 5. The summed E-state index contributed by atoms with van der Waals surface area (Å²) in [6, 6.07) is 13.7. The van der Waals surface area contributed by atoms with Crippen molar-refractivity contribution in [2.75, 3.05) is 25.1 Å². The Balaban J connectivity index is 0.00000256. The number of rotatable bonds is 5. The van der Waals surface area contributed by atoms with Crippen molar-refractivity contribution in [3.63, 3.8) is 0 Å². The number of ether oxygens (including phenoxy) is 1. The van der Waals surface area contributed by atoms with Crippen molar-refractivity contribution in [1.29, 1.82) is 5.26 Å². The minimum Gasteiger partial charge on any atom is -1.00 e. The summed E-state index contributed by atoms with van der Waals surface area (Å²) >= 11 is 6.24. The molecule has 1 aromatic heterocycles. The fourth-order valence-electron chi connectivity index (χ4n) is 3.77. The molecule has 1 saturated heterocycles. The van der Waals surface area contributed by atoms with E-state index in [0.717, 1.165) is 41.1 Å². The fourth-order valence-corrected chi connectivity index (χ4v) is 4.05. The molecule has 4 rings (SSSR count). The summed E-state index contributed by atoms with van der Waals surface area (Å²) in [5.74, 6) is 2.35. The zero-order chi connectivity index (χ0) is 20.2. The van der Waals surface area contributed by atoms with E-state index < -0.39 is 0 Å². The van der Waals surface area contributed by atoms with Crippen LogP contribution >= 0.6 is 11.6 Å². The zero-order valence-electron chi connectivity index (χ0n) is 16.7. The maximum atomic E-state index is 9.36. The molecule has 1 aliphatic rings. The summed E-state index contributed by atoms with van der Waals surface area (Å²) in [5.41, 5.74) is 1.68. The van der Waals surface area contributed by atoms with Crippen LogP contribution in [0.25, 0.3) is 10.8 Å². The molecule has 0 radical (unpaired) electrons. The summed E-state index contributed by atoms with van der Waals surface area (Å²) in [5, 5.41) is 23.1. The quantitative estimate of drug-likeness (QED) is 0.622. The van der Waals surface area contributed by atoms with Gasteiger partial charge in [0.2, 0.25) is 0 Å². The number of fused-ring (bicyclic) bond motifs is 1. The monoisotopic (exact) mass is 443 g/mol.